The number of ketones is 1. The van der Waals surface area contributed by atoms with Gasteiger partial charge >= 0.3 is 0 Å². The van der Waals surface area contributed by atoms with Gasteiger partial charge in [-0.2, -0.15) is 5.10 Å². The highest BCUT2D eigenvalue weighted by atomic mass is 79.9. The van der Waals surface area contributed by atoms with Gasteiger partial charge in [0.15, 0.2) is 5.78 Å². The minimum absolute atomic E-state index is 0.149. The van der Waals surface area contributed by atoms with Gasteiger partial charge in [0, 0.05) is 12.6 Å². The van der Waals surface area contributed by atoms with Crippen molar-refractivity contribution in [3.8, 4) is 0 Å². The van der Waals surface area contributed by atoms with Gasteiger partial charge < -0.3 is 0 Å². The van der Waals surface area contributed by atoms with E-state index >= 15 is 0 Å². The molecule has 0 aliphatic carbocycles. The predicted octanol–water partition coefficient (Wildman–Crippen LogP) is 4.10. The first-order valence-electron chi connectivity index (χ1n) is 7.16. The van der Waals surface area contributed by atoms with Crippen LogP contribution in [0.3, 0.4) is 0 Å². The maximum Gasteiger partial charge on any atom is 0.169 e. The van der Waals surface area contributed by atoms with Gasteiger partial charge in [-0.15, -0.1) is 0 Å². The molecule has 112 valence electrons. The molecule has 0 amide bonds. The molecule has 0 spiro atoms. The van der Waals surface area contributed by atoms with Gasteiger partial charge in [-0.05, 0) is 54.2 Å². The number of nitrogens with zero attached hydrogens (tertiary/aromatic N) is 2. The summed E-state index contributed by atoms with van der Waals surface area (Å²) >= 11 is 3.58. The van der Waals surface area contributed by atoms with Crippen molar-refractivity contribution in [1.29, 1.82) is 0 Å². The van der Waals surface area contributed by atoms with Crippen LogP contribution in [0.25, 0.3) is 0 Å². The largest absolute Gasteiger partial charge is 0.294 e. The van der Waals surface area contributed by atoms with Crippen LogP contribution in [0.1, 0.15) is 45.4 Å². The van der Waals surface area contributed by atoms with Crippen molar-refractivity contribution in [1.82, 2.24) is 9.78 Å². The molecule has 0 bridgehead atoms. The van der Waals surface area contributed by atoms with Crippen molar-refractivity contribution in [3.05, 3.63) is 50.2 Å². The molecule has 0 saturated heterocycles. The molecule has 0 aliphatic heterocycles. The van der Waals surface area contributed by atoms with Crippen LogP contribution < -0.4 is 0 Å². The zero-order valence-electron chi connectivity index (χ0n) is 13.2. The van der Waals surface area contributed by atoms with Gasteiger partial charge in [0.2, 0.25) is 0 Å². The van der Waals surface area contributed by atoms with E-state index in [-0.39, 0.29) is 5.78 Å². The number of aromatic nitrogens is 2. The molecular weight excluding hydrogens is 328 g/mol. The predicted molar refractivity (Wildman–Crippen MR) is 89.0 cm³/mol. The summed E-state index contributed by atoms with van der Waals surface area (Å²) in [6, 6.07) is 4.13. The smallest absolute Gasteiger partial charge is 0.169 e. The second-order valence-electron chi connectivity index (χ2n) is 5.56. The fraction of sp³-hybridized carbons (Fsp3) is 0.412. The Balaban J connectivity index is 2.37. The van der Waals surface area contributed by atoms with E-state index in [2.05, 4.69) is 47.0 Å². The Labute approximate surface area is 134 Å². The zero-order valence-corrected chi connectivity index (χ0v) is 14.8. The fourth-order valence-electron chi connectivity index (χ4n) is 2.87. The Morgan fingerprint density at radius 1 is 1.24 bits per heavy atom. The van der Waals surface area contributed by atoms with Crippen molar-refractivity contribution in [3.63, 3.8) is 0 Å². The third-order valence-electron chi connectivity index (χ3n) is 3.79. The van der Waals surface area contributed by atoms with Crippen LogP contribution in [0.2, 0.25) is 0 Å². The van der Waals surface area contributed by atoms with E-state index in [1.165, 1.54) is 5.56 Å². The molecule has 0 N–H and O–H groups in total. The lowest BCUT2D eigenvalue weighted by atomic mass is 9.94. The molecule has 1 aromatic carbocycles. The van der Waals surface area contributed by atoms with Crippen LogP contribution in [0.15, 0.2) is 16.6 Å². The first-order chi connectivity index (χ1) is 9.85. The molecular formula is C17H21BrN2O. The number of carbonyl (C=O) groups is 1. The molecule has 3 nitrogen and oxygen atoms in total. The lowest BCUT2D eigenvalue weighted by molar-refractivity contribution is 0.0989. The van der Waals surface area contributed by atoms with E-state index in [0.29, 0.717) is 6.42 Å². The monoisotopic (exact) mass is 348 g/mol. The van der Waals surface area contributed by atoms with Crippen LogP contribution >= 0.6 is 15.9 Å². The molecule has 21 heavy (non-hydrogen) atoms. The molecule has 0 radical (unpaired) electrons. The lowest BCUT2D eigenvalue weighted by Crippen LogP contribution is -2.11. The summed E-state index contributed by atoms with van der Waals surface area (Å²) in [5.41, 5.74) is 6.06. The Bertz CT molecular complexity index is 678. The highest BCUT2D eigenvalue weighted by Crippen LogP contribution is 2.25. The SMILES string of the molecule is CCc1nn(C)c(CC(=O)c2c(C)cc(C)cc2C)c1Br. The van der Waals surface area contributed by atoms with E-state index in [0.717, 1.165) is 39.0 Å². The topological polar surface area (TPSA) is 34.9 Å². The molecule has 0 saturated carbocycles. The number of hydrogen-bond acceptors (Lipinski definition) is 2. The fourth-order valence-corrected chi connectivity index (χ4v) is 3.63. The Morgan fingerprint density at radius 2 is 1.81 bits per heavy atom. The highest BCUT2D eigenvalue weighted by molar-refractivity contribution is 9.10. The number of carbonyl (C=O) groups excluding carboxylic acids is 1. The van der Waals surface area contributed by atoms with Crippen molar-refractivity contribution < 1.29 is 4.79 Å². The van der Waals surface area contributed by atoms with E-state index in [4.69, 9.17) is 0 Å². The van der Waals surface area contributed by atoms with E-state index in [1.807, 2.05) is 20.9 Å². The average molecular weight is 349 g/mol. The molecule has 0 aliphatic rings. The third kappa shape index (κ3) is 3.10. The maximum absolute atomic E-state index is 12.7. The molecule has 4 heteroatoms. The first-order valence-corrected chi connectivity index (χ1v) is 7.95. The Hall–Kier alpha value is -1.42. The maximum atomic E-state index is 12.7. The van der Waals surface area contributed by atoms with E-state index in [9.17, 15) is 4.79 Å². The number of Topliss-reactive ketones (excluding diaryl/α,β-unsaturated/α-hetero) is 1. The summed E-state index contributed by atoms with van der Waals surface area (Å²) in [4.78, 5) is 12.7. The van der Waals surface area contributed by atoms with Gasteiger partial charge in [-0.3, -0.25) is 9.48 Å². The molecule has 0 fully saturated rings. The molecule has 1 aromatic heterocycles. The van der Waals surface area contributed by atoms with Gasteiger partial charge in [0.05, 0.1) is 22.3 Å². The number of aryl methyl sites for hydroxylation is 5. The summed E-state index contributed by atoms with van der Waals surface area (Å²) in [5.74, 6) is 0.149. The summed E-state index contributed by atoms with van der Waals surface area (Å²) in [5, 5.41) is 4.45. The lowest BCUT2D eigenvalue weighted by Gasteiger charge is -2.10. The van der Waals surface area contributed by atoms with E-state index < -0.39 is 0 Å². The summed E-state index contributed by atoms with van der Waals surface area (Å²) in [6.45, 7) is 8.12. The highest BCUT2D eigenvalue weighted by Gasteiger charge is 2.19. The third-order valence-corrected chi connectivity index (χ3v) is 4.70. The van der Waals surface area contributed by atoms with Crippen molar-refractivity contribution in [2.45, 2.75) is 40.5 Å². The molecule has 2 aromatic rings. The molecule has 1 heterocycles. The van der Waals surface area contributed by atoms with Crippen molar-refractivity contribution in [2.75, 3.05) is 0 Å². The van der Waals surface area contributed by atoms with Gasteiger partial charge in [0.1, 0.15) is 0 Å². The minimum Gasteiger partial charge on any atom is -0.294 e. The van der Waals surface area contributed by atoms with Crippen LogP contribution in [-0.4, -0.2) is 15.6 Å². The Morgan fingerprint density at radius 3 is 2.29 bits per heavy atom. The molecule has 0 atom stereocenters. The summed E-state index contributed by atoms with van der Waals surface area (Å²) in [7, 11) is 1.89. The summed E-state index contributed by atoms with van der Waals surface area (Å²) in [6.07, 6.45) is 1.22. The number of hydrogen-bond donors (Lipinski definition) is 0. The zero-order chi connectivity index (χ0) is 15.7. The molecule has 2 rings (SSSR count). The van der Waals surface area contributed by atoms with Gasteiger partial charge in [-0.25, -0.2) is 0 Å². The second kappa shape index (κ2) is 6.14. The number of rotatable bonds is 4. The van der Waals surface area contributed by atoms with Crippen LogP contribution in [-0.2, 0) is 19.9 Å². The van der Waals surface area contributed by atoms with Gasteiger partial charge in [0.25, 0.3) is 0 Å². The standard InChI is InChI=1S/C17H21BrN2O/c1-6-13-17(18)14(20(5)19-13)9-15(21)16-11(3)7-10(2)8-12(16)4/h7-8H,6,9H2,1-5H3. The van der Waals surface area contributed by atoms with Gasteiger partial charge in [-0.1, -0.05) is 24.6 Å². The summed E-state index contributed by atoms with van der Waals surface area (Å²) < 4.78 is 2.77. The van der Waals surface area contributed by atoms with Crippen molar-refractivity contribution >= 4 is 21.7 Å². The molecule has 0 unspecified atom stereocenters. The average Bonchev–Trinajstić information content (AvgIpc) is 2.65. The number of benzene rings is 1. The Kier molecular flexibility index (Phi) is 4.67. The first kappa shape index (κ1) is 16.0. The van der Waals surface area contributed by atoms with Crippen molar-refractivity contribution in [2.24, 2.45) is 7.05 Å². The van der Waals surface area contributed by atoms with Crippen LogP contribution in [0.5, 0.6) is 0 Å². The number of halogens is 1. The normalized spacial score (nSPS) is 11.0. The van der Waals surface area contributed by atoms with Crippen LogP contribution in [0, 0.1) is 20.8 Å². The van der Waals surface area contributed by atoms with Crippen LogP contribution in [0.4, 0.5) is 0 Å². The second-order valence-corrected chi connectivity index (χ2v) is 6.35. The minimum atomic E-state index is 0.149. The van der Waals surface area contributed by atoms with E-state index in [1.54, 1.807) is 4.68 Å². The quantitative estimate of drug-likeness (QED) is 0.779.